The number of methoxy groups -OCH3 is 2. The van der Waals surface area contributed by atoms with Crippen molar-refractivity contribution in [1.29, 1.82) is 0 Å². The van der Waals surface area contributed by atoms with E-state index < -0.39 is 0 Å². The molecule has 1 aliphatic rings. The Bertz CT molecular complexity index is 555. The largest absolute Gasteiger partial charge is 0.495 e. The second-order valence-corrected chi connectivity index (χ2v) is 6.78. The van der Waals surface area contributed by atoms with Crippen molar-refractivity contribution in [2.45, 2.75) is 20.3 Å². The molecule has 0 bridgehead atoms. The number of halogens is 1. The molecule has 2 unspecified atom stereocenters. The van der Waals surface area contributed by atoms with Crippen molar-refractivity contribution in [2.75, 3.05) is 39.2 Å². The van der Waals surface area contributed by atoms with E-state index in [4.69, 9.17) is 21.1 Å². The minimum absolute atomic E-state index is 0.0611. The van der Waals surface area contributed by atoms with E-state index in [-0.39, 0.29) is 5.91 Å². The van der Waals surface area contributed by atoms with Gasteiger partial charge >= 0.3 is 0 Å². The summed E-state index contributed by atoms with van der Waals surface area (Å²) >= 11 is 6.08. The summed E-state index contributed by atoms with van der Waals surface area (Å²) < 4.78 is 10.5. The second-order valence-electron chi connectivity index (χ2n) is 6.38. The van der Waals surface area contributed by atoms with Gasteiger partial charge in [0.05, 0.1) is 31.5 Å². The molecule has 1 saturated heterocycles. The van der Waals surface area contributed by atoms with Gasteiger partial charge in [-0.15, -0.1) is 0 Å². The lowest BCUT2D eigenvalue weighted by Gasteiger charge is -2.34. The van der Waals surface area contributed by atoms with Crippen LogP contribution in [0.5, 0.6) is 11.5 Å². The molecule has 0 aromatic heterocycles. The molecule has 1 amide bonds. The molecular weight excluding hydrogens is 316 g/mol. The monoisotopic (exact) mass is 340 g/mol. The number of anilines is 1. The zero-order chi connectivity index (χ0) is 17.0. The fraction of sp³-hybridized carbons (Fsp3) is 0.588. The molecule has 0 aliphatic carbocycles. The number of nitrogens with one attached hydrogen (secondary N) is 1. The van der Waals surface area contributed by atoms with Crippen molar-refractivity contribution in [3.8, 4) is 11.5 Å². The predicted molar refractivity (Wildman–Crippen MR) is 92.6 cm³/mol. The maximum Gasteiger partial charge on any atom is 0.238 e. The molecule has 1 aliphatic heterocycles. The van der Waals surface area contributed by atoms with E-state index in [1.807, 2.05) is 0 Å². The molecule has 23 heavy (non-hydrogen) atoms. The molecule has 1 aromatic rings. The van der Waals surface area contributed by atoms with Crippen LogP contribution in [0.15, 0.2) is 12.1 Å². The third-order valence-corrected chi connectivity index (χ3v) is 4.36. The molecule has 0 spiro atoms. The summed E-state index contributed by atoms with van der Waals surface area (Å²) in [4.78, 5) is 14.6. The average Bonchev–Trinajstić information content (AvgIpc) is 2.47. The number of carbonyl (C=O) groups is 1. The third-order valence-electron chi connectivity index (χ3n) is 4.06. The lowest BCUT2D eigenvalue weighted by Crippen LogP contribution is -2.42. The minimum Gasteiger partial charge on any atom is -0.495 e. The van der Waals surface area contributed by atoms with Crippen molar-refractivity contribution >= 4 is 23.2 Å². The quantitative estimate of drug-likeness (QED) is 0.893. The van der Waals surface area contributed by atoms with Crippen molar-refractivity contribution in [3.63, 3.8) is 0 Å². The Kier molecular flexibility index (Phi) is 6.13. The second kappa shape index (κ2) is 7.88. The number of nitrogens with zero attached hydrogens (tertiary/aromatic N) is 1. The molecule has 0 radical (unpaired) electrons. The number of carbonyl (C=O) groups excluding carboxylic acids is 1. The molecule has 1 aromatic carbocycles. The van der Waals surface area contributed by atoms with Gasteiger partial charge in [-0.2, -0.15) is 0 Å². The molecule has 128 valence electrons. The first-order valence-electron chi connectivity index (χ1n) is 7.86. The lowest BCUT2D eigenvalue weighted by molar-refractivity contribution is -0.117. The number of piperidine rings is 1. The fourth-order valence-corrected chi connectivity index (χ4v) is 3.50. The van der Waals surface area contributed by atoms with Crippen LogP contribution >= 0.6 is 11.6 Å². The Labute approximate surface area is 142 Å². The van der Waals surface area contributed by atoms with Crippen LogP contribution in [0.3, 0.4) is 0 Å². The highest BCUT2D eigenvalue weighted by Gasteiger charge is 2.23. The topological polar surface area (TPSA) is 50.8 Å². The van der Waals surface area contributed by atoms with Gasteiger partial charge in [-0.1, -0.05) is 25.4 Å². The molecule has 5 nitrogen and oxygen atoms in total. The zero-order valence-electron chi connectivity index (χ0n) is 14.2. The van der Waals surface area contributed by atoms with Crippen LogP contribution in [-0.4, -0.2) is 44.7 Å². The number of hydrogen-bond donors (Lipinski definition) is 1. The van der Waals surface area contributed by atoms with Gasteiger partial charge in [0.1, 0.15) is 11.5 Å². The van der Waals surface area contributed by atoms with Gasteiger partial charge in [-0.3, -0.25) is 9.69 Å². The summed E-state index contributed by atoms with van der Waals surface area (Å²) in [5, 5.41) is 3.34. The first kappa shape index (κ1) is 17.9. The Balaban J connectivity index is 2.05. The van der Waals surface area contributed by atoms with Crippen LogP contribution < -0.4 is 14.8 Å². The standard InChI is InChI=1S/C17H25ClN2O3/c1-11-5-12(2)9-20(8-11)10-17(21)19-14-7-15(22-3)13(18)6-16(14)23-4/h6-7,11-12H,5,8-10H2,1-4H3,(H,19,21). The highest BCUT2D eigenvalue weighted by molar-refractivity contribution is 6.32. The van der Waals surface area contributed by atoms with E-state index in [0.29, 0.717) is 40.6 Å². The van der Waals surface area contributed by atoms with E-state index in [1.54, 1.807) is 19.2 Å². The SMILES string of the molecule is COc1cc(NC(=O)CN2CC(C)CC(C)C2)c(OC)cc1Cl. The molecule has 0 saturated carbocycles. The smallest absolute Gasteiger partial charge is 0.238 e. The first-order chi connectivity index (χ1) is 10.9. The molecule has 6 heteroatoms. The Morgan fingerprint density at radius 2 is 1.83 bits per heavy atom. The van der Waals surface area contributed by atoms with Gasteiger partial charge < -0.3 is 14.8 Å². The number of benzene rings is 1. The van der Waals surface area contributed by atoms with Crippen LogP contribution in [0.2, 0.25) is 5.02 Å². The molecule has 1 heterocycles. The van der Waals surface area contributed by atoms with E-state index in [9.17, 15) is 4.79 Å². The van der Waals surface area contributed by atoms with Crippen molar-refractivity contribution in [3.05, 3.63) is 17.2 Å². The molecule has 2 atom stereocenters. The first-order valence-corrected chi connectivity index (χ1v) is 8.24. The summed E-state index contributed by atoms with van der Waals surface area (Å²) in [5.74, 6) is 2.20. The van der Waals surface area contributed by atoms with Gasteiger partial charge in [0.15, 0.2) is 0 Å². The number of hydrogen-bond acceptors (Lipinski definition) is 4. The van der Waals surface area contributed by atoms with Gasteiger partial charge in [-0.05, 0) is 18.3 Å². The molecule has 1 fully saturated rings. The third kappa shape index (κ3) is 4.75. The maximum atomic E-state index is 12.4. The number of ether oxygens (including phenoxy) is 2. The maximum absolute atomic E-state index is 12.4. The number of rotatable bonds is 5. The van der Waals surface area contributed by atoms with Gasteiger partial charge in [0.2, 0.25) is 5.91 Å². The van der Waals surface area contributed by atoms with Crippen LogP contribution in [0.25, 0.3) is 0 Å². The molecule has 1 N–H and O–H groups in total. The lowest BCUT2D eigenvalue weighted by atomic mass is 9.92. The zero-order valence-corrected chi connectivity index (χ0v) is 14.9. The Hall–Kier alpha value is -1.46. The Morgan fingerprint density at radius 1 is 1.22 bits per heavy atom. The van der Waals surface area contributed by atoms with Crippen molar-refractivity contribution in [1.82, 2.24) is 4.90 Å². The van der Waals surface area contributed by atoms with E-state index >= 15 is 0 Å². The normalized spacial score (nSPS) is 21.8. The predicted octanol–water partition coefficient (Wildman–Crippen LogP) is 3.27. The van der Waals surface area contributed by atoms with E-state index in [1.165, 1.54) is 13.5 Å². The van der Waals surface area contributed by atoms with Crippen LogP contribution in [0.1, 0.15) is 20.3 Å². The van der Waals surface area contributed by atoms with Gasteiger partial charge in [0.25, 0.3) is 0 Å². The summed E-state index contributed by atoms with van der Waals surface area (Å²) in [7, 11) is 3.08. The highest BCUT2D eigenvalue weighted by atomic mass is 35.5. The van der Waals surface area contributed by atoms with E-state index in [2.05, 4.69) is 24.1 Å². The Morgan fingerprint density at radius 3 is 2.39 bits per heavy atom. The summed E-state index contributed by atoms with van der Waals surface area (Å²) in [5.41, 5.74) is 0.567. The van der Waals surface area contributed by atoms with Crippen LogP contribution in [-0.2, 0) is 4.79 Å². The average molecular weight is 341 g/mol. The molecule has 2 rings (SSSR count). The summed E-state index contributed by atoms with van der Waals surface area (Å²) in [6.45, 7) is 6.75. The fourth-order valence-electron chi connectivity index (χ4n) is 3.27. The van der Waals surface area contributed by atoms with Crippen molar-refractivity contribution < 1.29 is 14.3 Å². The van der Waals surface area contributed by atoms with Gasteiger partial charge in [0, 0.05) is 25.2 Å². The number of amides is 1. The highest BCUT2D eigenvalue weighted by Crippen LogP contribution is 2.35. The van der Waals surface area contributed by atoms with Crippen LogP contribution in [0.4, 0.5) is 5.69 Å². The van der Waals surface area contributed by atoms with Crippen LogP contribution in [0, 0.1) is 11.8 Å². The minimum atomic E-state index is -0.0611. The number of likely N-dealkylation sites (tertiary alicyclic amines) is 1. The summed E-state index contributed by atoms with van der Waals surface area (Å²) in [6.07, 6.45) is 1.22. The van der Waals surface area contributed by atoms with Gasteiger partial charge in [-0.25, -0.2) is 0 Å². The summed E-state index contributed by atoms with van der Waals surface area (Å²) in [6, 6.07) is 3.32. The van der Waals surface area contributed by atoms with Crippen molar-refractivity contribution in [2.24, 2.45) is 11.8 Å². The van der Waals surface area contributed by atoms with E-state index in [0.717, 1.165) is 13.1 Å². The molecular formula is C17H25ClN2O3.